The van der Waals surface area contributed by atoms with Crippen LogP contribution in [0.25, 0.3) is 0 Å². The molecule has 3 heterocycles. The summed E-state index contributed by atoms with van der Waals surface area (Å²) in [5, 5.41) is 0. The van der Waals surface area contributed by atoms with Crippen molar-refractivity contribution in [2.45, 2.75) is 24.9 Å². The van der Waals surface area contributed by atoms with Crippen molar-refractivity contribution in [3.8, 4) is 5.75 Å². The van der Waals surface area contributed by atoms with Gasteiger partial charge in [-0.25, -0.2) is 9.97 Å². The maximum absolute atomic E-state index is 13.0. The average Bonchev–Trinajstić information content (AvgIpc) is 3.15. The van der Waals surface area contributed by atoms with E-state index >= 15 is 0 Å². The minimum Gasteiger partial charge on any atom is -0.497 e. The summed E-state index contributed by atoms with van der Waals surface area (Å²) < 4.78 is 49.7. The lowest BCUT2D eigenvalue weighted by Gasteiger charge is -2.36. The van der Waals surface area contributed by atoms with Gasteiger partial charge in [0.25, 0.3) is 0 Å². The molecular formula is C19H19F3N4O3. The number of rotatable bonds is 4. The quantitative estimate of drug-likeness (QED) is 0.772. The highest BCUT2D eigenvalue weighted by atomic mass is 19.4. The van der Waals surface area contributed by atoms with Gasteiger partial charge >= 0.3 is 6.18 Å². The summed E-state index contributed by atoms with van der Waals surface area (Å²) in [4.78, 5) is 23.4. The first-order valence-electron chi connectivity index (χ1n) is 9.04. The number of amides is 1. The van der Waals surface area contributed by atoms with E-state index in [1.807, 2.05) is 24.3 Å². The zero-order valence-electron chi connectivity index (χ0n) is 15.6. The maximum atomic E-state index is 13.0. The van der Waals surface area contributed by atoms with Crippen LogP contribution in [0.15, 0.2) is 36.5 Å². The molecule has 2 aliphatic heterocycles. The van der Waals surface area contributed by atoms with Gasteiger partial charge in [-0.2, -0.15) is 13.2 Å². The van der Waals surface area contributed by atoms with E-state index in [0.29, 0.717) is 25.4 Å². The van der Waals surface area contributed by atoms with Crippen molar-refractivity contribution in [2.24, 2.45) is 0 Å². The number of morpholine rings is 1. The third-order valence-corrected chi connectivity index (χ3v) is 5.11. The van der Waals surface area contributed by atoms with Crippen LogP contribution in [0.4, 0.5) is 19.1 Å². The fourth-order valence-corrected chi connectivity index (χ4v) is 3.62. The van der Waals surface area contributed by atoms with E-state index in [2.05, 4.69) is 9.97 Å². The molecule has 2 aromatic rings. The number of hydrogen-bond donors (Lipinski definition) is 0. The highest BCUT2D eigenvalue weighted by Crippen LogP contribution is 2.31. The Hall–Kier alpha value is -2.88. The van der Waals surface area contributed by atoms with Gasteiger partial charge in [0.1, 0.15) is 18.1 Å². The molecule has 29 heavy (non-hydrogen) atoms. The van der Waals surface area contributed by atoms with Crippen molar-refractivity contribution in [1.29, 1.82) is 0 Å². The van der Waals surface area contributed by atoms with Crippen LogP contribution in [0.5, 0.6) is 5.75 Å². The lowest BCUT2D eigenvalue weighted by molar-refractivity contribution is -0.153. The molecule has 4 rings (SSSR count). The van der Waals surface area contributed by atoms with Crippen molar-refractivity contribution in [3.63, 3.8) is 0 Å². The molecule has 1 aromatic heterocycles. The van der Waals surface area contributed by atoms with Gasteiger partial charge < -0.3 is 19.3 Å². The topological polar surface area (TPSA) is 67.8 Å². The number of fused-ring (bicyclic) bond motifs is 1. The molecule has 7 nitrogen and oxygen atoms in total. The van der Waals surface area contributed by atoms with Crippen LogP contribution in [0.2, 0.25) is 0 Å². The lowest BCUT2D eigenvalue weighted by atomic mass is 10.1. The number of anilines is 1. The molecule has 2 atom stereocenters. The van der Waals surface area contributed by atoms with E-state index < -0.39 is 11.9 Å². The third kappa shape index (κ3) is 3.98. The molecule has 0 bridgehead atoms. The van der Waals surface area contributed by atoms with E-state index in [1.165, 1.54) is 0 Å². The smallest absolute Gasteiger partial charge is 0.433 e. The lowest BCUT2D eigenvalue weighted by Crippen LogP contribution is -2.53. The average molecular weight is 408 g/mol. The van der Waals surface area contributed by atoms with Gasteiger partial charge in [0.15, 0.2) is 0 Å². The standard InChI is InChI=1S/C19H19F3N4O3/c1-28-13-4-2-12(3-5-13)8-26-14-9-25(10-15(14)29-11-17(26)27)18-23-7-6-16(24-18)19(20,21)22/h2-7,14-15H,8-11H2,1H3. The highest BCUT2D eigenvalue weighted by molar-refractivity contribution is 5.79. The van der Waals surface area contributed by atoms with Crippen molar-refractivity contribution < 1.29 is 27.4 Å². The monoisotopic (exact) mass is 408 g/mol. The molecule has 0 spiro atoms. The van der Waals surface area contributed by atoms with E-state index in [0.717, 1.165) is 17.8 Å². The number of benzene rings is 1. The minimum atomic E-state index is -4.54. The summed E-state index contributed by atoms with van der Waals surface area (Å²) in [5.74, 6) is 0.539. The highest BCUT2D eigenvalue weighted by Gasteiger charge is 2.44. The van der Waals surface area contributed by atoms with Crippen LogP contribution >= 0.6 is 0 Å². The van der Waals surface area contributed by atoms with Crippen LogP contribution in [-0.4, -0.2) is 59.7 Å². The normalized spacial score (nSPS) is 22.0. The molecule has 0 radical (unpaired) electrons. The summed E-state index contributed by atoms with van der Waals surface area (Å²) in [6, 6.07) is 7.92. The van der Waals surface area contributed by atoms with Crippen molar-refractivity contribution in [2.75, 3.05) is 31.7 Å². The Balaban J connectivity index is 1.53. The molecule has 0 aliphatic carbocycles. The summed E-state index contributed by atoms with van der Waals surface area (Å²) in [7, 11) is 1.58. The van der Waals surface area contributed by atoms with Crippen LogP contribution in [-0.2, 0) is 22.3 Å². The number of methoxy groups -OCH3 is 1. The molecule has 2 aliphatic rings. The van der Waals surface area contributed by atoms with E-state index in [9.17, 15) is 18.0 Å². The number of ether oxygens (including phenoxy) is 2. The molecule has 154 valence electrons. The second kappa shape index (κ2) is 7.51. The number of halogens is 3. The molecular weight excluding hydrogens is 389 g/mol. The second-order valence-electron chi connectivity index (χ2n) is 6.93. The maximum Gasteiger partial charge on any atom is 0.433 e. The summed E-state index contributed by atoms with van der Waals surface area (Å²) in [6.07, 6.45) is -3.77. The van der Waals surface area contributed by atoms with Crippen LogP contribution in [0.1, 0.15) is 11.3 Å². The van der Waals surface area contributed by atoms with Gasteiger partial charge in [-0.15, -0.1) is 0 Å². The molecule has 1 aromatic carbocycles. The van der Waals surface area contributed by atoms with Crippen LogP contribution in [0, 0.1) is 0 Å². The summed E-state index contributed by atoms with van der Waals surface area (Å²) in [5.41, 5.74) is -0.0713. The minimum absolute atomic E-state index is 0.0188. The van der Waals surface area contributed by atoms with Crippen LogP contribution < -0.4 is 9.64 Å². The van der Waals surface area contributed by atoms with Crippen molar-refractivity contribution >= 4 is 11.9 Å². The summed E-state index contributed by atoms with van der Waals surface area (Å²) in [6.45, 7) is 0.936. The van der Waals surface area contributed by atoms with Gasteiger partial charge in [0.2, 0.25) is 11.9 Å². The Morgan fingerprint density at radius 3 is 2.66 bits per heavy atom. The van der Waals surface area contributed by atoms with Gasteiger partial charge in [0.05, 0.1) is 19.3 Å². The van der Waals surface area contributed by atoms with E-state index in [1.54, 1.807) is 16.9 Å². The number of alkyl halides is 3. The Bertz CT molecular complexity index is 891. The SMILES string of the molecule is COc1ccc(CN2C(=O)COC3CN(c4nccc(C(F)(F)F)n4)CC32)cc1. The Morgan fingerprint density at radius 2 is 1.97 bits per heavy atom. The third-order valence-electron chi connectivity index (χ3n) is 5.11. The molecule has 2 unspecified atom stereocenters. The largest absolute Gasteiger partial charge is 0.497 e. The Labute approximate surface area is 165 Å². The van der Waals surface area contributed by atoms with E-state index in [-0.39, 0.29) is 30.6 Å². The fraction of sp³-hybridized carbons (Fsp3) is 0.421. The second-order valence-corrected chi connectivity index (χ2v) is 6.93. The molecule has 2 saturated heterocycles. The Kier molecular flexibility index (Phi) is 5.03. The number of carbonyl (C=O) groups excluding carboxylic acids is 1. The zero-order chi connectivity index (χ0) is 20.6. The predicted octanol–water partition coefficient (Wildman–Crippen LogP) is 2.12. The fourth-order valence-electron chi connectivity index (χ4n) is 3.62. The van der Waals surface area contributed by atoms with Gasteiger partial charge in [-0.1, -0.05) is 12.1 Å². The van der Waals surface area contributed by atoms with Crippen LogP contribution in [0.3, 0.4) is 0 Å². The Morgan fingerprint density at radius 1 is 1.21 bits per heavy atom. The van der Waals surface area contributed by atoms with Gasteiger partial charge in [-0.05, 0) is 23.8 Å². The van der Waals surface area contributed by atoms with Crippen molar-refractivity contribution in [1.82, 2.24) is 14.9 Å². The molecule has 10 heteroatoms. The first kappa shape index (κ1) is 19.4. The van der Waals surface area contributed by atoms with Crippen molar-refractivity contribution in [3.05, 3.63) is 47.8 Å². The summed E-state index contributed by atoms with van der Waals surface area (Å²) >= 11 is 0. The number of hydrogen-bond acceptors (Lipinski definition) is 6. The van der Waals surface area contributed by atoms with Gasteiger partial charge in [0, 0.05) is 25.8 Å². The molecule has 0 saturated carbocycles. The number of aromatic nitrogens is 2. The van der Waals surface area contributed by atoms with E-state index in [4.69, 9.17) is 9.47 Å². The number of nitrogens with zero attached hydrogens (tertiary/aromatic N) is 4. The first-order chi connectivity index (χ1) is 13.8. The van der Waals surface area contributed by atoms with Gasteiger partial charge in [-0.3, -0.25) is 4.79 Å². The number of carbonyl (C=O) groups is 1. The molecule has 1 amide bonds. The predicted molar refractivity (Wildman–Crippen MR) is 96.3 cm³/mol. The molecule has 2 fully saturated rings. The zero-order valence-corrected chi connectivity index (χ0v) is 15.6. The first-order valence-corrected chi connectivity index (χ1v) is 9.04. The molecule has 0 N–H and O–H groups in total.